The summed E-state index contributed by atoms with van der Waals surface area (Å²) in [6, 6.07) is 9.95. The van der Waals surface area contributed by atoms with Crippen molar-refractivity contribution in [3.63, 3.8) is 0 Å². The molecule has 1 aromatic heterocycles. The van der Waals surface area contributed by atoms with E-state index in [0.717, 1.165) is 17.7 Å². The molecular weight excluding hydrogens is 331 g/mol. The number of benzene rings is 2. The number of aromatic nitrogens is 2. The van der Waals surface area contributed by atoms with Crippen molar-refractivity contribution in [2.75, 3.05) is 25.5 Å². The Hall–Kier alpha value is -2.44. The molecule has 0 bridgehead atoms. The number of nitrogens with one attached hydrogen (secondary N) is 2. The Labute approximate surface area is 143 Å². The number of rotatable bonds is 6. The standard InChI is InChI=1S/C17H16ClFN4O/c1-20-6-7-24-12-3-4-13-16(9-12)21-10-22-17(13)23-15-5-2-11(18)8-14(15)19/h2-5,8-10,20H,6-7H2,1H3,(H,21,22,23). The van der Waals surface area contributed by atoms with Gasteiger partial charge in [-0.2, -0.15) is 0 Å². The lowest BCUT2D eigenvalue weighted by molar-refractivity contribution is 0.319. The van der Waals surface area contributed by atoms with Gasteiger partial charge in [0, 0.05) is 23.0 Å². The second-order valence-corrected chi connectivity index (χ2v) is 5.54. The first-order chi connectivity index (χ1) is 11.7. The van der Waals surface area contributed by atoms with Crippen molar-refractivity contribution in [1.82, 2.24) is 15.3 Å². The summed E-state index contributed by atoms with van der Waals surface area (Å²) in [6.45, 7) is 1.32. The molecule has 2 N–H and O–H groups in total. The van der Waals surface area contributed by atoms with Gasteiger partial charge < -0.3 is 15.4 Å². The van der Waals surface area contributed by atoms with Crippen molar-refractivity contribution in [3.05, 3.63) is 53.6 Å². The molecule has 0 saturated carbocycles. The molecule has 0 aliphatic carbocycles. The lowest BCUT2D eigenvalue weighted by Gasteiger charge is -2.11. The average molecular weight is 347 g/mol. The summed E-state index contributed by atoms with van der Waals surface area (Å²) in [6.07, 6.45) is 1.43. The highest BCUT2D eigenvalue weighted by Crippen LogP contribution is 2.28. The van der Waals surface area contributed by atoms with Crippen LogP contribution in [0.3, 0.4) is 0 Å². The number of likely N-dealkylation sites (N-methyl/N-ethyl adjacent to an activating group) is 1. The smallest absolute Gasteiger partial charge is 0.148 e. The first kappa shape index (κ1) is 16.4. The van der Waals surface area contributed by atoms with Crippen molar-refractivity contribution < 1.29 is 9.13 Å². The summed E-state index contributed by atoms with van der Waals surface area (Å²) in [5, 5.41) is 7.11. The van der Waals surface area contributed by atoms with Gasteiger partial charge in [0.25, 0.3) is 0 Å². The summed E-state index contributed by atoms with van der Waals surface area (Å²) in [4.78, 5) is 8.45. The largest absolute Gasteiger partial charge is 0.492 e. The third kappa shape index (κ3) is 3.72. The molecule has 0 unspecified atom stereocenters. The molecule has 0 aliphatic rings. The lowest BCUT2D eigenvalue weighted by Crippen LogP contribution is -2.15. The number of nitrogens with zero attached hydrogens (tertiary/aromatic N) is 2. The first-order valence-electron chi connectivity index (χ1n) is 7.41. The Kier molecular flexibility index (Phi) is 5.08. The third-order valence-electron chi connectivity index (χ3n) is 3.41. The van der Waals surface area contributed by atoms with Crippen LogP contribution in [0.15, 0.2) is 42.7 Å². The molecule has 0 fully saturated rings. The zero-order valence-corrected chi connectivity index (χ0v) is 13.8. The number of anilines is 2. The topological polar surface area (TPSA) is 59.1 Å². The SMILES string of the molecule is CNCCOc1ccc2c(Nc3ccc(Cl)cc3F)ncnc2c1. The van der Waals surface area contributed by atoms with Gasteiger partial charge in [-0.15, -0.1) is 0 Å². The van der Waals surface area contributed by atoms with Crippen molar-refractivity contribution >= 4 is 34.0 Å². The molecule has 5 nitrogen and oxygen atoms in total. The van der Waals surface area contributed by atoms with Crippen molar-refractivity contribution in [2.45, 2.75) is 0 Å². The van der Waals surface area contributed by atoms with Crippen molar-refractivity contribution in [2.24, 2.45) is 0 Å². The normalized spacial score (nSPS) is 10.8. The van der Waals surface area contributed by atoms with Gasteiger partial charge in [0.1, 0.15) is 30.3 Å². The zero-order valence-electron chi connectivity index (χ0n) is 13.0. The minimum Gasteiger partial charge on any atom is -0.492 e. The molecule has 0 radical (unpaired) electrons. The Bertz CT molecular complexity index is 859. The summed E-state index contributed by atoms with van der Waals surface area (Å²) >= 11 is 5.77. The molecule has 0 atom stereocenters. The molecule has 24 heavy (non-hydrogen) atoms. The molecule has 0 aliphatic heterocycles. The number of fused-ring (bicyclic) bond motifs is 1. The predicted octanol–water partition coefficient (Wildman–Crippen LogP) is 3.76. The number of hydrogen-bond donors (Lipinski definition) is 2. The van der Waals surface area contributed by atoms with E-state index in [1.54, 1.807) is 12.1 Å². The van der Waals surface area contributed by atoms with Crippen LogP contribution in [0.1, 0.15) is 0 Å². The van der Waals surface area contributed by atoms with Crippen LogP contribution in [0.5, 0.6) is 5.75 Å². The second-order valence-electron chi connectivity index (χ2n) is 5.10. The first-order valence-corrected chi connectivity index (χ1v) is 7.79. The van der Waals surface area contributed by atoms with E-state index in [2.05, 4.69) is 20.6 Å². The van der Waals surface area contributed by atoms with Crippen molar-refractivity contribution in [1.29, 1.82) is 0 Å². The van der Waals surface area contributed by atoms with Crippen LogP contribution in [-0.2, 0) is 0 Å². The monoisotopic (exact) mass is 346 g/mol. The minimum atomic E-state index is -0.443. The molecule has 1 heterocycles. The van der Waals surface area contributed by atoms with E-state index in [1.807, 2.05) is 25.2 Å². The molecule has 7 heteroatoms. The summed E-state index contributed by atoms with van der Waals surface area (Å²) in [5.74, 6) is 0.796. The van der Waals surface area contributed by atoms with Crippen LogP contribution >= 0.6 is 11.6 Å². The fourth-order valence-corrected chi connectivity index (χ4v) is 2.37. The number of ether oxygens (including phenoxy) is 1. The maximum Gasteiger partial charge on any atom is 0.148 e. The van der Waals surface area contributed by atoms with Crippen molar-refractivity contribution in [3.8, 4) is 5.75 Å². The Morgan fingerprint density at radius 1 is 1.17 bits per heavy atom. The second kappa shape index (κ2) is 7.42. The number of hydrogen-bond acceptors (Lipinski definition) is 5. The molecule has 2 aromatic carbocycles. The van der Waals surface area contributed by atoms with E-state index in [4.69, 9.17) is 16.3 Å². The Morgan fingerprint density at radius 3 is 2.83 bits per heavy atom. The molecule has 124 valence electrons. The molecule has 0 saturated heterocycles. The van der Waals surface area contributed by atoms with Gasteiger partial charge >= 0.3 is 0 Å². The molecule has 3 aromatic rings. The van der Waals surface area contributed by atoms with E-state index in [-0.39, 0.29) is 0 Å². The fraction of sp³-hybridized carbons (Fsp3) is 0.176. The maximum atomic E-state index is 14.0. The minimum absolute atomic E-state index is 0.300. The summed E-state index contributed by atoms with van der Waals surface area (Å²) in [7, 11) is 1.87. The highest BCUT2D eigenvalue weighted by atomic mass is 35.5. The highest BCUT2D eigenvalue weighted by Gasteiger charge is 2.09. The summed E-state index contributed by atoms with van der Waals surface area (Å²) < 4.78 is 19.6. The lowest BCUT2D eigenvalue weighted by atomic mass is 10.2. The van der Waals surface area contributed by atoms with Crippen LogP contribution < -0.4 is 15.4 Å². The number of halogens is 2. The summed E-state index contributed by atoms with van der Waals surface area (Å²) in [5.41, 5.74) is 1.01. The Balaban J connectivity index is 1.88. The van der Waals surface area contributed by atoms with E-state index < -0.39 is 5.82 Å². The Morgan fingerprint density at radius 2 is 2.04 bits per heavy atom. The quantitative estimate of drug-likeness (QED) is 0.665. The average Bonchev–Trinajstić information content (AvgIpc) is 2.57. The zero-order chi connectivity index (χ0) is 16.9. The van der Waals surface area contributed by atoms with E-state index >= 15 is 0 Å². The van der Waals surface area contributed by atoms with Crippen LogP contribution in [0, 0.1) is 5.82 Å². The van der Waals surface area contributed by atoms with E-state index in [9.17, 15) is 4.39 Å². The van der Waals surface area contributed by atoms with E-state index in [1.165, 1.54) is 12.4 Å². The van der Waals surface area contributed by atoms with E-state index in [0.29, 0.717) is 28.7 Å². The van der Waals surface area contributed by atoms with Gasteiger partial charge in [0.05, 0.1) is 11.2 Å². The third-order valence-corrected chi connectivity index (χ3v) is 3.65. The molecule has 0 spiro atoms. The van der Waals surface area contributed by atoms with Gasteiger partial charge in [-0.05, 0) is 37.4 Å². The molecule has 3 rings (SSSR count). The van der Waals surface area contributed by atoms with Gasteiger partial charge in [0.15, 0.2) is 0 Å². The van der Waals surface area contributed by atoms with Gasteiger partial charge in [0.2, 0.25) is 0 Å². The molecular formula is C17H16ClFN4O. The van der Waals surface area contributed by atoms with Crippen LogP contribution in [0.4, 0.5) is 15.9 Å². The van der Waals surface area contributed by atoms with Gasteiger partial charge in [-0.25, -0.2) is 14.4 Å². The van der Waals surface area contributed by atoms with Crippen LogP contribution in [-0.4, -0.2) is 30.2 Å². The fourth-order valence-electron chi connectivity index (χ4n) is 2.22. The van der Waals surface area contributed by atoms with Crippen LogP contribution in [0.25, 0.3) is 10.9 Å². The maximum absolute atomic E-state index is 14.0. The highest BCUT2D eigenvalue weighted by molar-refractivity contribution is 6.30. The predicted molar refractivity (Wildman–Crippen MR) is 93.7 cm³/mol. The van der Waals surface area contributed by atoms with Gasteiger partial charge in [-0.3, -0.25) is 0 Å². The van der Waals surface area contributed by atoms with Crippen LogP contribution in [0.2, 0.25) is 5.02 Å². The van der Waals surface area contributed by atoms with Gasteiger partial charge in [-0.1, -0.05) is 11.6 Å². The molecule has 0 amide bonds.